The van der Waals surface area contributed by atoms with Gasteiger partial charge < -0.3 is 4.98 Å². The number of ketones is 1. The largest absolute Gasteiger partial charge is 0.333 e. The number of hydrogen-bond donors (Lipinski definition) is 1. The number of fused-ring (bicyclic) bond motifs is 1. The molecule has 116 valence electrons. The van der Waals surface area contributed by atoms with Crippen LogP contribution in [0.3, 0.4) is 0 Å². The first kappa shape index (κ1) is 15.2. The summed E-state index contributed by atoms with van der Waals surface area (Å²) in [5.74, 6) is -0.205. The smallest absolute Gasteiger partial charge is 0.284 e. The van der Waals surface area contributed by atoms with Crippen molar-refractivity contribution in [1.82, 2.24) is 9.97 Å². The predicted octanol–water partition coefficient (Wildman–Crippen LogP) is 4.13. The van der Waals surface area contributed by atoms with Gasteiger partial charge in [0.2, 0.25) is 0 Å². The number of nitrogens with zero attached hydrogens (tertiary/aromatic N) is 2. The van der Waals surface area contributed by atoms with Crippen molar-refractivity contribution in [3.63, 3.8) is 0 Å². The van der Waals surface area contributed by atoms with Gasteiger partial charge in [0.25, 0.3) is 5.69 Å². The molecule has 1 N–H and O–H groups in total. The standard InChI is InChI=1S/C16H13N3O3S/c1-9-3-5-12-13(7-9)18-16(17-12)23-15-6-4-11(10(2)20)8-14(15)19(21)22/h3-8H,1-2H3,(H,17,18). The topological polar surface area (TPSA) is 88.9 Å². The normalized spacial score (nSPS) is 10.9. The number of hydrogen-bond acceptors (Lipinski definition) is 5. The SMILES string of the molecule is CC(=O)c1ccc(Sc2nc3ccc(C)cc3[nH]2)c([N+](=O)[O-])c1. The maximum absolute atomic E-state index is 11.4. The summed E-state index contributed by atoms with van der Waals surface area (Å²) in [5, 5.41) is 11.8. The zero-order chi connectivity index (χ0) is 16.6. The molecule has 0 amide bonds. The monoisotopic (exact) mass is 327 g/mol. The third-order valence-electron chi connectivity index (χ3n) is 3.38. The van der Waals surface area contributed by atoms with E-state index in [0.717, 1.165) is 16.6 Å². The molecule has 3 aromatic rings. The molecule has 1 aromatic heterocycles. The Morgan fingerprint density at radius 1 is 1.26 bits per heavy atom. The average molecular weight is 327 g/mol. The number of H-pyrrole nitrogens is 1. The lowest BCUT2D eigenvalue weighted by molar-refractivity contribution is -0.387. The van der Waals surface area contributed by atoms with Crippen molar-refractivity contribution in [1.29, 1.82) is 0 Å². The summed E-state index contributed by atoms with van der Waals surface area (Å²) in [6.07, 6.45) is 0. The Hall–Kier alpha value is -2.67. The third kappa shape index (κ3) is 3.09. The molecule has 0 bridgehead atoms. The number of aromatic amines is 1. The second-order valence-electron chi connectivity index (χ2n) is 5.16. The first-order chi connectivity index (χ1) is 10.9. The fourth-order valence-corrected chi connectivity index (χ4v) is 3.11. The minimum atomic E-state index is -0.485. The summed E-state index contributed by atoms with van der Waals surface area (Å²) in [6, 6.07) is 10.3. The molecule has 0 fully saturated rings. The van der Waals surface area contributed by atoms with Crippen LogP contribution in [0.15, 0.2) is 46.5 Å². The Labute approximate surface area is 136 Å². The lowest BCUT2D eigenvalue weighted by atomic mass is 10.1. The Bertz CT molecular complexity index is 933. The number of aryl methyl sites for hydroxylation is 1. The van der Waals surface area contributed by atoms with Crippen molar-refractivity contribution < 1.29 is 9.72 Å². The Kier molecular flexibility index (Phi) is 3.87. The molecular weight excluding hydrogens is 314 g/mol. The van der Waals surface area contributed by atoms with Crippen LogP contribution in [-0.4, -0.2) is 20.7 Å². The minimum Gasteiger partial charge on any atom is -0.333 e. The Morgan fingerprint density at radius 3 is 2.74 bits per heavy atom. The summed E-state index contributed by atoms with van der Waals surface area (Å²) in [7, 11) is 0. The van der Waals surface area contributed by atoms with Crippen molar-refractivity contribution in [3.05, 3.63) is 57.6 Å². The van der Waals surface area contributed by atoms with Crippen molar-refractivity contribution in [2.24, 2.45) is 0 Å². The lowest BCUT2D eigenvalue weighted by Gasteiger charge is -2.02. The van der Waals surface area contributed by atoms with Crippen molar-refractivity contribution in [3.8, 4) is 0 Å². The molecule has 0 saturated carbocycles. The molecule has 0 aliphatic carbocycles. The van der Waals surface area contributed by atoms with E-state index in [1.807, 2.05) is 25.1 Å². The lowest BCUT2D eigenvalue weighted by Crippen LogP contribution is -1.97. The minimum absolute atomic E-state index is 0.0978. The van der Waals surface area contributed by atoms with Crippen LogP contribution in [0.1, 0.15) is 22.8 Å². The maximum Gasteiger partial charge on any atom is 0.284 e. The van der Waals surface area contributed by atoms with E-state index in [2.05, 4.69) is 9.97 Å². The number of carbonyl (C=O) groups excluding carboxylic acids is 1. The van der Waals surface area contributed by atoms with Gasteiger partial charge in [0, 0.05) is 11.6 Å². The van der Waals surface area contributed by atoms with Crippen molar-refractivity contribution in [2.45, 2.75) is 23.9 Å². The molecule has 23 heavy (non-hydrogen) atoms. The van der Waals surface area contributed by atoms with E-state index < -0.39 is 4.92 Å². The summed E-state index contributed by atoms with van der Waals surface area (Å²) in [5.41, 5.74) is 3.02. The molecule has 0 radical (unpaired) electrons. The predicted molar refractivity (Wildman–Crippen MR) is 88.1 cm³/mol. The molecule has 0 saturated heterocycles. The van der Waals surface area contributed by atoms with E-state index in [4.69, 9.17) is 0 Å². The van der Waals surface area contributed by atoms with E-state index in [1.165, 1.54) is 24.8 Å². The van der Waals surface area contributed by atoms with Crippen LogP contribution in [0.4, 0.5) is 5.69 Å². The molecule has 0 aliphatic rings. The molecule has 3 rings (SSSR count). The van der Waals surface area contributed by atoms with Gasteiger partial charge in [-0.2, -0.15) is 0 Å². The van der Waals surface area contributed by atoms with Gasteiger partial charge in [-0.1, -0.05) is 6.07 Å². The first-order valence-electron chi connectivity index (χ1n) is 6.87. The molecule has 7 heteroatoms. The third-order valence-corrected chi connectivity index (χ3v) is 4.34. The number of rotatable bonds is 4. The second-order valence-corrected chi connectivity index (χ2v) is 6.19. The number of nitro groups is 1. The summed E-state index contributed by atoms with van der Waals surface area (Å²) >= 11 is 1.17. The molecule has 6 nitrogen and oxygen atoms in total. The highest BCUT2D eigenvalue weighted by Crippen LogP contribution is 2.35. The van der Waals surface area contributed by atoms with Crippen LogP contribution in [0, 0.1) is 17.0 Å². The highest BCUT2D eigenvalue weighted by Gasteiger charge is 2.18. The van der Waals surface area contributed by atoms with Crippen molar-refractivity contribution in [2.75, 3.05) is 0 Å². The molecule has 0 atom stereocenters. The van der Waals surface area contributed by atoms with Gasteiger partial charge in [-0.05, 0) is 55.4 Å². The van der Waals surface area contributed by atoms with Crippen LogP contribution in [-0.2, 0) is 0 Å². The molecule has 2 aromatic carbocycles. The van der Waals surface area contributed by atoms with E-state index in [-0.39, 0.29) is 11.5 Å². The average Bonchev–Trinajstić information content (AvgIpc) is 2.88. The zero-order valence-electron chi connectivity index (χ0n) is 12.5. The van der Waals surface area contributed by atoms with E-state index in [0.29, 0.717) is 15.6 Å². The molecular formula is C16H13N3O3S. The molecule has 0 spiro atoms. The van der Waals surface area contributed by atoms with Crippen LogP contribution in [0.25, 0.3) is 11.0 Å². The molecule has 0 unspecified atom stereocenters. The first-order valence-corrected chi connectivity index (χ1v) is 7.69. The Morgan fingerprint density at radius 2 is 2.04 bits per heavy atom. The molecule has 1 heterocycles. The van der Waals surface area contributed by atoms with Gasteiger partial charge in [0.1, 0.15) is 0 Å². The van der Waals surface area contributed by atoms with Crippen LogP contribution in [0.5, 0.6) is 0 Å². The number of aromatic nitrogens is 2. The van der Waals surface area contributed by atoms with E-state index in [1.54, 1.807) is 12.1 Å². The van der Waals surface area contributed by atoms with Gasteiger partial charge in [0.15, 0.2) is 10.9 Å². The van der Waals surface area contributed by atoms with E-state index >= 15 is 0 Å². The number of imidazole rings is 1. The van der Waals surface area contributed by atoms with Crippen molar-refractivity contribution >= 4 is 34.3 Å². The fourth-order valence-electron chi connectivity index (χ4n) is 2.22. The Balaban J connectivity index is 2.00. The maximum atomic E-state index is 11.4. The fraction of sp³-hybridized carbons (Fsp3) is 0.125. The number of nitro benzene ring substituents is 1. The number of carbonyl (C=O) groups is 1. The number of Topliss-reactive ketones (excluding diaryl/α,β-unsaturated/α-hetero) is 1. The van der Waals surface area contributed by atoms with Gasteiger partial charge >= 0.3 is 0 Å². The molecule has 0 aliphatic heterocycles. The van der Waals surface area contributed by atoms with E-state index in [9.17, 15) is 14.9 Å². The summed E-state index contributed by atoms with van der Waals surface area (Å²) in [4.78, 5) is 30.2. The summed E-state index contributed by atoms with van der Waals surface area (Å²) in [6.45, 7) is 3.37. The number of benzene rings is 2. The summed E-state index contributed by atoms with van der Waals surface area (Å²) < 4.78 is 0. The number of nitrogens with one attached hydrogen (secondary N) is 1. The van der Waals surface area contributed by atoms with Gasteiger partial charge in [-0.3, -0.25) is 14.9 Å². The van der Waals surface area contributed by atoms with Crippen LogP contribution >= 0.6 is 11.8 Å². The van der Waals surface area contributed by atoms with Gasteiger partial charge in [-0.25, -0.2) is 4.98 Å². The van der Waals surface area contributed by atoms with Crippen LogP contribution < -0.4 is 0 Å². The van der Waals surface area contributed by atoms with Gasteiger partial charge in [0.05, 0.1) is 20.9 Å². The highest BCUT2D eigenvalue weighted by atomic mass is 32.2. The van der Waals surface area contributed by atoms with Gasteiger partial charge in [-0.15, -0.1) is 0 Å². The second kappa shape index (κ2) is 5.85. The zero-order valence-corrected chi connectivity index (χ0v) is 13.3. The highest BCUT2D eigenvalue weighted by molar-refractivity contribution is 7.99. The quantitative estimate of drug-likeness (QED) is 0.442. The van der Waals surface area contributed by atoms with Crippen LogP contribution in [0.2, 0.25) is 0 Å².